The van der Waals surface area contributed by atoms with E-state index in [0.717, 1.165) is 29.9 Å². The summed E-state index contributed by atoms with van der Waals surface area (Å²) in [4.78, 5) is 15.0. The van der Waals surface area contributed by atoms with E-state index >= 15 is 0 Å². The molecule has 2 nitrogen and oxygen atoms in total. The van der Waals surface area contributed by atoms with Crippen LogP contribution in [0.5, 0.6) is 0 Å². The van der Waals surface area contributed by atoms with Crippen LogP contribution in [0.2, 0.25) is 0 Å². The second-order valence-electron chi connectivity index (χ2n) is 5.42. The monoisotopic (exact) mass is 315 g/mol. The maximum Gasteiger partial charge on any atom is 0.270 e. The average Bonchev–Trinajstić information content (AvgIpc) is 2.76. The van der Waals surface area contributed by atoms with E-state index in [2.05, 4.69) is 18.2 Å². The molecular weight excluding hydrogens is 298 g/mol. The normalized spacial score (nSPS) is 24.1. The minimum absolute atomic E-state index is 0.0170. The second-order valence-corrected chi connectivity index (χ2v) is 7.10. The lowest BCUT2D eigenvalue weighted by Gasteiger charge is -2.15. The number of aryl methyl sites for hydroxylation is 1. The first kappa shape index (κ1) is 14.5. The summed E-state index contributed by atoms with van der Waals surface area (Å²) in [5.74, 6) is 0.477. The van der Waals surface area contributed by atoms with Crippen LogP contribution in [-0.4, -0.2) is 10.2 Å². The van der Waals surface area contributed by atoms with E-state index in [4.69, 9.17) is 12.2 Å². The molecule has 4 heteroatoms. The van der Waals surface area contributed by atoms with Gasteiger partial charge < -0.3 is 0 Å². The molecule has 1 aromatic carbocycles. The number of thiocarbonyl (C=S) groups is 1. The van der Waals surface area contributed by atoms with Crippen molar-refractivity contribution in [2.24, 2.45) is 5.92 Å². The molecule has 0 radical (unpaired) electrons. The molecule has 1 atom stereocenters. The Morgan fingerprint density at radius 1 is 1.29 bits per heavy atom. The minimum Gasteiger partial charge on any atom is -0.268 e. The average molecular weight is 315 g/mol. The summed E-state index contributed by atoms with van der Waals surface area (Å²) in [5.41, 5.74) is 2.03. The van der Waals surface area contributed by atoms with Crippen LogP contribution in [0.1, 0.15) is 24.8 Å². The standard InChI is InChI=1S/C17H17NOS2/c1-12-7-9-14(10-8-12)18-16(19)15(21-17(18)20)11-13-5-3-2-4-6-13/h2-3,7-11,13H,4-6H2,1H3/b15-11+/t13-/m0/s1. The maximum absolute atomic E-state index is 12.6. The summed E-state index contributed by atoms with van der Waals surface area (Å²) in [6, 6.07) is 7.91. The van der Waals surface area contributed by atoms with Crippen LogP contribution in [0.4, 0.5) is 5.69 Å². The molecule has 0 spiro atoms. The van der Waals surface area contributed by atoms with Crippen molar-refractivity contribution in [2.45, 2.75) is 26.2 Å². The molecule has 0 bridgehead atoms. The lowest BCUT2D eigenvalue weighted by molar-refractivity contribution is -0.113. The van der Waals surface area contributed by atoms with Crippen LogP contribution >= 0.6 is 24.0 Å². The van der Waals surface area contributed by atoms with E-state index in [1.54, 1.807) is 4.90 Å². The number of carbonyl (C=O) groups is 1. The molecule has 0 N–H and O–H groups in total. The highest BCUT2D eigenvalue weighted by atomic mass is 32.2. The maximum atomic E-state index is 12.6. The SMILES string of the molecule is Cc1ccc(N2C(=O)/C(=C\[C@H]3CC=CCC3)SC2=S)cc1. The fourth-order valence-corrected chi connectivity index (χ4v) is 3.95. The summed E-state index contributed by atoms with van der Waals surface area (Å²) in [5, 5.41) is 0. The van der Waals surface area contributed by atoms with Gasteiger partial charge in [0.25, 0.3) is 5.91 Å². The number of hydrogen-bond acceptors (Lipinski definition) is 3. The third-order valence-corrected chi connectivity index (χ3v) is 5.10. The minimum atomic E-state index is 0.0170. The molecule has 1 fully saturated rings. The van der Waals surface area contributed by atoms with E-state index < -0.39 is 0 Å². The molecule has 0 saturated carbocycles. The van der Waals surface area contributed by atoms with Crippen LogP contribution in [0.25, 0.3) is 0 Å². The number of hydrogen-bond donors (Lipinski definition) is 0. The van der Waals surface area contributed by atoms with Crippen molar-refractivity contribution in [2.75, 3.05) is 4.90 Å². The predicted octanol–water partition coefficient (Wildman–Crippen LogP) is 4.60. The Morgan fingerprint density at radius 2 is 2.05 bits per heavy atom. The summed E-state index contributed by atoms with van der Waals surface area (Å²) in [6.07, 6.45) is 9.75. The molecule has 0 aromatic heterocycles. The highest BCUT2D eigenvalue weighted by Crippen LogP contribution is 2.36. The van der Waals surface area contributed by atoms with Crippen molar-refractivity contribution in [1.82, 2.24) is 0 Å². The van der Waals surface area contributed by atoms with E-state index in [0.29, 0.717) is 10.2 Å². The van der Waals surface area contributed by atoms with Crippen molar-refractivity contribution in [3.8, 4) is 0 Å². The molecule has 1 heterocycles. The molecule has 1 aromatic rings. The predicted molar refractivity (Wildman–Crippen MR) is 93.4 cm³/mol. The topological polar surface area (TPSA) is 20.3 Å². The molecule has 3 rings (SSSR count). The Morgan fingerprint density at radius 3 is 2.71 bits per heavy atom. The van der Waals surface area contributed by atoms with E-state index in [1.165, 1.54) is 17.3 Å². The molecule has 0 unspecified atom stereocenters. The largest absolute Gasteiger partial charge is 0.270 e. The van der Waals surface area contributed by atoms with Gasteiger partial charge in [0.1, 0.15) is 0 Å². The molecule has 1 amide bonds. The fourth-order valence-electron chi connectivity index (χ4n) is 2.58. The van der Waals surface area contributed by atoms with Crippen molar-refractivity contribution in [3.05, 3.63) is 53.0 Å². The van der Waals surface area contributed by atoms with Gasteiger partial charge in [-0.2, -0.15) is 0 Å². The molecule has 2 aliphatic rings. The summed E-state index contributed by atoms with van der Waals surface area (Å²) < 4.78 is 0.626. The van der Waals surface area contributed by atoms with E-state index in [1.807, 2.05) is 31.2 Å². The van der Waals surface area contributed by atoms with Gasteiger partial charge in [0.15, 0.2) is 4.32 Å². The van der Waals surface area contributed by atoms with Gasteiger partial charge in [0.2, 0.25) is 0 Å². The van der Waals surface area contributed by atoms with Gasteiger partial charge in [-0.3, -0.25) is 9.69 Å². The van der Waals surface area contributed by atoms with Crippen LogP contribution in [0.3, 0.4) is 0 Å². The zero-order valence-electron chi connectivity index (χ0n) is 11.9. The smallest absolute Gasteiger partial charge is 0.268 e. The first-order valence-corrected chi connectivity index (χ1v) is 8.37. The first-order valence-electron chi connectivity index (χ1n) is 7.15. The Labute approximate surface area is 134 Å². The molecular formula is C17H17NOS2. The van der Waals surface area contributed by atoms with Gasteiger partial charge in [-0.15, -0.1) is 0 Å². The molecule has 108 valence electrons. The van der Waals surface area contributed by atoms with Crippen LogP contribution < -0.4 is 4.90 Å². The van der Waals surface area contributed by atoms with Crippen molar-refractivity contribution >= 4 is 39.9 Å². The van der Waals surface area contributed by atoms with Crippen LogP contribution in [0, 0.1) is 12.8 Å². The Kier molecular flexibility index (Phi) is 4.27. The number of rotatable bonds is 2. The molecule has 1 saturated heterocycles. The molecule has 1 aliphatic carbocycles. The summed E-state index contributed by atoms with van der Waals surface area (Å²) in [7, 11) is 0. The van der Waals surface area contributed by atoms with Crippen LogP contribution in [0.15, 0.2) is 47.4 Å². The number of thioether (sulfide) groups is 1. The van der Waals surface area contributed by atoms with Gasteiger partial charge in [-0.25, -0.2) is 0 Å². The highest BCUT2D eigenvalue weighted by molar-refractivity contribution is 8.27. The number of carbonyl (C=O) groups excluding carboxylic acids is 1. The number of amides is 1. The number of benzene rings is 1. The first-order chi connectivity index (χ1) is 10.1. The Balaban J connectivity index is 1.83. The van der Waals surface area contributed by atoms with Crippen molar-refractivity contribution < 1.29 is 4.79 Å². The Hall–Kier alpha value is -1.39. The van der Waals surface area contributed by atoms with Gasteiger partial charge in [0, 0.05) is 0 Å². The number of allylic oxidation sites excluding steroid dienone is 3. The summed E-state index contributed by atoms with van der Waals surface area (Å²) in [6.45, 7) is 2.03. The van der Waals surface area contributed by atoms with E-state index in [9.17, 15) is 4.79 Å². The van der Waals surface area contributed by atoms with Gasteiger partial charge in [-0.05, 0) is 44.2 Å². The lowest BCUT2D eigenvalue weighted by Crippen LogP contribution is -2.27. The van der Waals surface area contributed by atoms with Crippen LogP contribution in [-0.2, 0) is 4.79 Å². The fraction of sp³-hybridized carbons (Fsp3) is 0.294. The number of anilines is 1. The zero-order valence-corrected chi connectivity index (χ0v) is 13.5. The van der Waals surface area contributed by atoms with E-state index in [-0.39, 0.29) is 5.91 Å². The summed E-state index contributed by atoms with van der Waals surface area (Å²) >= 11 is 6.81. The molecule has 21 heavy (non-hydrogen) atoms. The Bertz CT molecular complexity index is 631. The lowest BCUT2D eigenvalue weighted by atomic mass is 9.94. The third kappa shape index (κ3) is 3.11. The molecule has 1 aliphatic heterocycles. The zero-order chi connectivity index (χ0) is 14.8. The van der Waals surface area contributed by atoms with Crippen molar-refractivity contribution in [3.63, 3.8) is 0 Å². The number of nitrogens with zero attached hydrogens (tertiary/aromatic N) is 1. The second kappa shape index (κ2) is 6.16. The van der Waals surface area contributed by atoms with Gasteiger partial charge in [0.05, 0.1) is 10.6 Å². The third-order valence-electron chi connectivity index (χ3n) is 3.78. The highest BCUT2D eigenvalue weighted by Gasteiger charge is 2.33. The van der Waals surface area contributed by atoms with Gasteiger partial charge >= 0.3 is 0 Å². The quantitative estimate of drug-likeness (QED) is 0.452. The van der Waals surface area contributed by atoms with Crippen molar-refractivity contribution in [1.29, 1.82) is 0 Å². The van der Waals surface area contributed by atoms with Gasteiger partial charge in [-0.1, -0.05) is 59.9 Å².